The fourth-order valence-corrected chi connectivity index (χ4v) is 1.48. The van der Waals surface area contributed by atoms with Crippen LogP contribution >= 0.6 is 0 Å². The first-order chi connectivity index (χ1) is 8.65. The average Bonchev–Trinajstić information content (AvgIpc) is 2.86. The van der Waals surface area contributed by atoms with Gasteiger partial charge in [0.15, 0.2) is 0 Å². The molecule has 2 aromatic rings. The smallest absolute Gasteiger partial charge is 0.263 e. The molecular formula is C11H11F2N3O2. The first-order valence-electron chi connectivity index (χ1n) is 5.14. The Morgan fingerprint density at radius 3 is 2.78 bits per heavy atom. The maximum atomic E-state index is 12.6. The van der Waals surface area contributed by atoms with Gasteiger partial charge in [-0.05, 0) is 12.1 Å². The van der Waals surface area contributed by atoms with Crippen LogP contribution in [0.5, 0.6) is 5.75 Å². The number of methoxy groups -OCH3 is 1. The van der Waals surface area contributed by atoms with Gasteiger partial charge in [-0.15, -0.1) is 0 Å². The summed E-state index contributed by atoms with van der Waals surface area (Å²) in [7, 11) is 1.39. The van der Waals surface area contributed by atoms with E-state index in [4.69, 9.17) is 15.0 Å². The van der Waals surface area contributed by atoms with Gasteiger partial charge in [-0.25, -0.2) is 8.78 Å². The number of ether oxygens (including phenoxy) is 1. The summed E-state index contributed by atoms with van der Waals surface area (Å²) in [5, 5.41) is 3.71. The van der Waals surface area contributed by atoms with Gasteiger partial charge >= 0.3 is 0 Å². The van der Waals surface area contributed by atoms with Crippen molar-refractivity contribution in [2.45, 2.75) is 13.0 Å². The van der Waals surface area contributed by atoms with E-state index in [9.17, 15) is 8.78 Å². The Bertz CT molecular complexity index is 543. The summed E-state index contributed by atoms with van der Waals surface area (Å²) in [5.41, 5.74) is 5.70. The summed E-state index contributed by atoms with van der Waals surface area (Å²) >= 11 is 0. The number of halogens is 2. The second kappa shape index (κ2) is 5.09. The van der Waals surface area contributed by atoms with E-state index in [-0.39, 0.29) is 29.6 Å². The highest BCUT2D eigenvalue weighted by atomic mass is 19.3. The normalized spacial score (nSPS) is 10.9. The highest BCUT2D eigenvalue weighted by Gasteiger charge is 2.16. The van der Waals surface area contributed by atoms with Crippen LogP contribution in [0.25, 0.3) is 11.4 Å². The van der Waals surface area contributed by atoms with Crippen LogP contribution in [0.4, 0.5) is 8.78 Å². The lowest BCUT2D eigenvalue weighted by molar-refractivity contribution is 0.151. The van der Waals surface area contributed by atoms with Crippen molar-refractivity contribution in [1.29, 1.82) is 0 Å². The number of benzene rings is 1. The van der Waals surface area contributed by atoms with Crippen molar-refractivity contribution in [3.63, 3.8) is 0 Å². The topological polar surface area (TPSA) is 74.2 Å². The summed E-state index contributed by atoms with van der Waals surface area (Å²) < 4.78 is 35.0. The largest absolute Gasteiger partial charge is 0.496 e. The van der Waals surface area contributed by atoms with Crippen LogP contribution in [-0.2, 0) is 6.54 Å². The van der Waals surface area contributed by atoms with Crippen LogP contribution in [0, 0.1) is 0 Å². The van der Waals surface area contributed by atoms with Crippen molar-refractivity contribution < 1.29 is 18.0 Å². The lowest BCUT2D eigenvalue weighted by Crippen LogP contribution is -1.96. The maximum absolute atomic E-state index is 12.6. The Morgan fingerprint density at radius 1 is 1.44 bits per heavy atom. The fourth-order valence-electron chi connectivity index (χ4n) is 1.48. The highest BCUT2D eigenvalue weighted by molar-refractivity contribution is 5.64. The molecule has 0 aliphatic carbocycles. The van der Waals surface area contributed by atoms with Crippen molar-refractivity contribution in [2.75, 3.05) is 7.11 Å². The molecule has 0 spiro atoms. The molecular weight excluding hydrogens is 244 g/mol. The molecule has 0 aliphatic rings. The van der Waals surface area contributed by atoms with Gasteiger partial charge in [0.25, 0.3) is 6.43 Å². The first kappa shape index (κ1) is 12.4. The second-order valence-electron chi connectivity index (χ2n) is 3.48. The minimum absolute atomic E-state index is 0.116. The monoisotopic (exact) mass is 255 g/mol. The molecule has 1 aromatic heterocycles. The molecule has 1 heterocycles. The number of hydrogen-bond donors (Lipinski definition) is 1. The third kappa shape index (κ3) is 2.30. The molecule has 1 aromatic carbocycles. The summed E-state index contributed by atoms with van der Waals surface area (Å²) in [6.07, 6.45) is -2.56. The van der Waals surface area contributed by atoms with Crippen LogP contribution in [0.3, 0.4) is 0 Å². The first-order valence-corrected chi connectivity index (χ1v) is 5.14. The van der Waals surface area contributed by atoms with Crippen LogP contribution in [0.1, 0.15) is 17.9 Å². The van der Waals surface area contributed by atoms with Crippen molar-refractivity contribution in [3.8, 4) is 17.1 Å². The number of nitrogens with two attached hydrogens (primary N) is 1. The highest BCUT2D eigenvalue weighted by Crippen LogP contribution is 2.32. The van der Waals surface area contributed by atoms with E-state index in [2.05, 4.69) is 10.1 Å². The molecule has 0 unspecified atom stereocenters. The summed E-state index contributed by atoms with van der Waals surface area (Å²) in [6, 6.07) is 4.00. The van der Waals surface area contributed by atoms with Crippen LogP contribution in [-0.4, -0.2) is 17.3 Å². The molecule has 0 saturated carbocycles. The van der Waals surface area contributed by atoms with Crippen molar-refractivity contribution >= 4 is 0 Å². The second-order valence-corrected chi connectivity index (χ2v) is 3.48. The van der Waals surface area contributed by atoms with Crippen molar-refractivity contribution in [1.82, 2.24) is 10.1 Å². The molecule has 18 heavy (non-hydrogen) atoms. The van der Waals surface area contributed by atoms with Gasteiger partial charge < -0.3 is 15.0 Å². The number of aromatic nitrogens is 2. The summed E-state index contributed by atoms with van der Waals surface area (Å²) in [6.45, 7) is 0.116. The summed E-state index contributed by atoms with van der Waals surface area (Å²) in [5.74, 6) is 0.787. The van der Waals surface area contributed by atoms with Crippen molar-refractivity contribution in [2.24, 2.45) is 5.73 Å². The molecule has 0 fully saturated rings. The molecule has 0 aliphatic heterocycles. The molecule has 0 amide bonds. The van der Waals surface area contributed by atoms with Crippen molar-refractivity contribution in [3.05, 3.63) is 29.7 Å². The Kier molecular flexibility index (Phi) is 3.52. The Morgan fingerprint density at radius 2 is 2.22 bits per heavy atom. The van der Waals surface area contributed by atoms with Gasteiger partial charge in [-0.3, -0.25) is 0 Å². The zero-order chi connectivity index (χ0) is 13.1. The molecule has 2 N–H and O–H groups in total. The standard InChI is InChI=1S/C11H11F2N3O2/c1-17-8-4-6(10(12)13)2-3-7(8)11-15-9(5-14)18-16-11/h2-4,10H,5,14H2,1H3. The third-order valence-electron chi connectivity index (χ3n) is 2.36. The fraction of sp³-hybridized carbons (Fsp3) is 0.273. The Balaban J connectivity index is 2.44. The lowest BCUT2D eigenvalue weighted by atomic mass is 10.1. The van der Waals surface area contributed by atoms with Crippen LogP contribution < -0.4 is 10.5 Å². The predicted octanol–water partition coefficient (Wildman–Crippen LogP) is 2.14. The zero-order valence-electron chi connectivity index (χ0n) is 9.56. The quantitative estimate of drug-likeness (QED) is 0.905. The Labute approximate surface area is 102 Å². The Hall–Kier alpha value is -2.02. The van der Waals surface area contributed by atoms with E-state index in [0.29, 0.717) is 5.56 Å². The third-order valence-corrected chi connectivity index (χ3v) is 2.36. The predicted molar refractivity (Wildman–Crippen MR) is 59.1 cm³/mol. The van der Waals surface area contributed by atoms with E-state index in [1.165, 1.54) is 25.3 Å². The van der Waals surface area contributed by atoms with Crippen LogP contribution in [0.2, 0.25) is 0 Å². The molecule has 0 saturated heterocycles. The van der Waals surface area contributed by atoms with Gasteiger partial charge in [-0.2, -0.15) is 4.98 Å². The van der Waals surface area contributed by atoms with E-state index in [0.717, 1.165) is 0 Å². The van der Waals surface area contributed by atoms with E-state index < -0.39 is 6.43 Å². The van der Waals surface area contributed by atoms with Gasteiger partial charge in [0.05, 0.1) is 19.2 Å². The molecule has 0 radical (unpaired) electrons. The molecule has 5 nitrogen and oxygen atoms in total. The lowest BCUT2D eigenvalue weighted by Gasteiger charge is -2.07. The average molecular weight is 255 g/mol. The minimum atomic E-state index is -2.56. The maximum Gasteiger partial charge on any atom is 0.263 e. The van der Waals surface area contributed by atoms with Gasteiger partial charge in [0.2, 0.25) is 11.7 Å². The molecule has 7 heteroatoms. The molecule has 0 atom stereocenters. The number of nitrogens with zero attached hydrogens (tertiary/aromatic N) is 2. The molecule has 96 valence electrons. The molecule has 0 bridgehead atoms. The van der Waals surface area contributed by atoms with Gasteiger partial charge in [0.1, 0.15) is 5.75 Å². The number of alkyl halides is 2. The zero-order valence-corrected chi connectivity index (χ0v) is 9.56. The van der Waals surface area contributed by atoms with Gasteiger partial charge in [0, 0.05) is 5.56 Å². The number of rotatable bonds is 4. The van der Waals surface area contributed by atoms with E-state index in [1.807, 2.05) is 0 Å². The van der Waals surface area contributed by atoms with E-state index >= 15 is 0 Å². The van der Waals surface area contributed by atoms with Crippen LogP contribution in [0.15, 0.2) is 22.7 Å². The number of hydrogen-bond acceptors (Lipinski definition) is 5. The minimum Gasteiger partial charge on any atom is -0.496 e. The molecule has 2 rings (SSSR count). The SMILES string of the molecule is COc1cc(C(F)F)ccc1-c1noc(CN)n1. The summed E-state index contributed by atoms with van der Waals surface area (Å²) in [4.78, 5) is 4.01. The van der Waals surface area contributed by atoms with E-state index in [1.54, 1.807) is 0 Å². The van der Waals surface area contributed by atoms with Gasteiger partial charge in [-0.1, -0.05) is 11.2 Å².